The quantitative estimate of drug-likeness (QED) is 0.871. The molecule has 0 heterocycles. The summed E-state index contributed by atoms with van der Waals surface area (Å²) in [5.74, 6) is -1.23. The lowest BCUT2D eigenvalue weighted by Crippen LogP contribution is -2.32. The van der Waals surface area contributed by atoms with E-state index >= 15 is 0 Å². The van der Waals surface area contributed by atoms with E-state index in [4.69, 9.17) is 10.5 Å². The predicted octanol–water partition coefficient (Wildman–Crippen LogP) is 3.11. The lowest BCUT2D eigenvalue weighted by Gasteiger charge is -2.23. The average Bonchev–Trinajstić information content (AvgIpc) is 3.06. The predicted molar refractivity (Wildman–Crippen MR) is 65.2 cm³/mol. The average molecular weight is 306 g/mol. The topological polar surface area (TPSA) is 35.2 Å². The summed E-state index contributed by atoms with van der Waals surface area (Å²) in [5.41, 5.74) is 6.11. The number of benzene rings is 1. The van der Waals surface area contributed by atoms with E-state index in [1.165, 1.54) is 13.2 Å². The first kappa shape index (κ1) is 12.8. The molecule has 2 N–H and O–H groups in total. The van der Waals surface area contributed by atoms with Gasteiger partial charge in [-0.3, -0.25) is 0 Å². The van der Waals surface area contributed by atoms with E-state index in [1.54, 1.807) is 0 Å². The van der Waals surface area contributed by atoms with Crippen molar-refractivity contribution in [1.82, 2.24) is 0 Å². The van der Waals surface area contributed by atoms with Gasteiger partial charge in [0.1, 0.15) is 5.82 Å². The molecule has 1 aromatic carbocycles. The third-order valence-corrected chi connectivity index (χ3v) is 4.25. The Morgan fingerprint density at radius 1 is 1.47 bits per heavy atom. The zero-order valence-corrected chi connectivity index (χ0v) is 11.3. The van der Waals surface area contributed by atoms with Crippen LogP contribution in [0.1, 0.15) is 25.3 Å². The standard InChI is InChI=1S/C12H14BrF2NO/c1-6(16)12(3-4-12)7-5-8(14)9(13)10(15)11(7)17-2/h5-6H,3-4,16H2,1-2H3. The van der Waals surface area contributed by atoms with Crippen LogP contribution in [0, 0.1) is 11.6 Å². The summed E-state index contributed by atoms with van der Waals surface area (Å²) >= 11 is 2.87. The molecule has 5 heteroatoms. The van der Waals surface area contributed by atoms with Crippen LogP contribution < -0.4 is 10.5 Å². The molecule has 1 fully saturated rings. The van der Waals surface area contributed by atoms with Crippen molar-refractivity contribution in [2.75, 3.05) is 7.11 Å². The number of halogens is 3. The van der Waals surface area contributed by atoms with Crippen LogP contribution in [0.2, 0.25) is 0 Å². The fourth-order valence-corrected chi connectivity index (χ4v) is 2.55. The van der Waals surface area contributed by atoms with Gasteiger partial charge >= 0.3 is 0 Å². The van der Waals surface area contributed by atoms with Crippen molar-refractivity contribution in [3.63, 3.8) is 0 Å². The zero-order valence-electron chi connectivity index (χ0n) is 9.69. The smallest absolute Gasteiger partial charge is 0.182 e. The molecule has 0 spiro atoms. The van der Waals surface area contributed by atoms with E-state index in [-0.39, 0.29) is 21.7 Å². The SMILES string of the molecule is COc1c(C2(C(C)N)CC2)cc(F)c(Br)c1F. The Labute approximate surface area is 107 Å². The van der Waals surface area contributed by atoms with Gasteiger partial charge in [-0.2, -0.15) is 0 Å². The lowest BCUT2D eigenvalue weighted by atomic mass is 9.88. The Kier molecular flexibility index (Phi) is 3.16. The molecule has 2 rings (SSSR count). The second kappa shape index (κ2) is 4.21. The van der Waals surface area contributed by atoms with Gasteiger partial charge in [0.05, 0.1) is 11.6 Å². The fourth-order valence-electron chi connectivity index (χ4n) is 2.25. The Morgan fingerprint density at radius 3 is 2.47 bits per heavy atom. The number of nitrogens with two attached hydrogens (primary N) is 1. The highest BCUT2D eigenvalue weighted by atomic mass is 79.9. The van der Waals surface area contributed by atoms with E-state index in [0.29, 0.717) is 5.56 Å². The Bertz CT molecular complexity index is 458. The maximum Gasteiger partial charge on any atom is 0.182 e. The van der Waals surface area contributed by atoms with Crippen LogP contribution >= 0.6 is 15.9 Å². The minimum absolute atomic E-state index is 0.0908. The number of methoxy groups -OCH3 is 1. The molecular formula is C12H14BrF2NO. The lowest BCUT2D eigenvalue weighted by molar-refractivity contribution is 0.367. The first-order chi connectivity index (χ1) is 7.94. The van der Waals surface area contributed by atoms with Crippen molar-refractivity contribution in [3.8, 4) is 5.75 Å². The van der Waals surface area contributed by atoms with Crippen molar-refractivity contribution < 1.29 is 13.5 Å². The van der Waals surface area contributed by atoms with Gasteiger partial charge in [-0.05, 0) is 41.8 Å². The van der Waals surface area contributed by atoms with Crippen LogP contribution in [-0.4, -0.2) is 13.2 Å². The summed E-state index contributed by atoms with van der Waals surface area (Å²) in [5, 5.41) is 0. The highest BCUT2D eigenvalue weighted by Crippen LogP contribution is 2.54. The van der Waals surface area contributed by atoms with Gasteiger partial charge in [0.25, 0.3) is 0 Å². The molecule has 0 aliphatic heterocycles. The fraction of sp³-hybridized carbons (Fsp3) is 0.500. The van der Waals surface area contributed by atoms with Crippen molar-refractivity contribution in [3.05, 3.63) is 27.7 Å². The van der Waals surface area contributed by atoms with Gasteiger partial charge in [-0.1, -0.05) is 0 Å². The van der Waals surface area contributed by atoms with Gasteiger partial charge in [-0.15, -0.1) is 0 Å². The van der Waals surface area contributed by atoms with Crippen LogP contribution in [0.3, 0.4) is 0 Å². The van der Waals surface area contributed by atoms with Gasteiger partial charge in [0.15, 0.2) is 11.6 Å². The minimum Gasteiger partial charge on any atom is -0.493 e. The molecule has 1 aliphatic carbocycles. The number of hydrogen-bond donors (Lipinski definition) is 1. The first-order valence-electron chi connectivity index (χ1n) is 5.41. The van der Waals surface area contributed by atoms with Crippen molar-refractivity contribution in [2.45, 2.75) is 31.2 Å². The number of ether oxygens (including phenoxy) is 1. The third-order valence-electron chi connectivity index (χ3n) is 3.52. The monoisotopic (exact) mass is 305 g/mol. The third kappa shape index (κ3) is 1.85. The second-order valence-corrected chi connectivity index (χ2v) is 5.30. The maximum absolute atomic E-state index is 13.9. The summed E-state index contributed by atoms with van der Waals surface area (Å²) in [4.78, 5) is 0. The molecular weight excluding hydrogens is 292 g/mol. The number of rotatable bonds is 3. The molecule has 0 radical (unpaired) electrons. The van der Waals surface area contributed by atoms with Gasteiger partial charge in [-0.25, -0.2) is 8.78 Å². The van der Waals surface area contributed by atoms with E-state index in [0.717, 1.165) is 12.8 Å². The van der Waals surface area contributed by atoms with Gasteiger partial charge in [0.2, 0.25) is 0 Å². The van der Waals surface area contributed by atoms with Gasteiger partial charge < -0.3 is 10.5 Å². The Hall–Kier alpha value is -0.680. The van der Waals surface area contributed by atoms with Crippen molar-refractivity contribution >= 4 is 15.9 Å². The van der Waals surface area contributed by atoms with E-state index in [9.17, 15) is 8.78 Å². The van der Waals surface area contributed by atoms with Crippen LogP contribution in [0.15, 0.2) is 10.5 Å². The van der Waals surface area contributed by atoms with Crippen molar-refractivity contribution in [1.29, 1.82) is 0 Å². The highest BCUT2D eigenvalue weighted by Gasteiger charge is 2.50. The molecule has 0 amide bonds. The largest absolute Gasteiger partial charge is 0.493 e. The first-order valence-corrected chi connectivity index (χ1v) is 6.21. The molecule has 0 aromatic heterocycles. The molecule has 1 unspecified atom stereocenters. The van der Waals surface area contributed by atoms with Crippen LogP contribution in [0.25, 0.3) is 0 Å². The molecule has 94 valence electrons. The molecule has 0 saturated heterocycles. The summed E-state index contributed by atoms with van der Waals surface area (Å²) in [7, 11) is 1.38. The van der Waals surface area contributed by atoms with Gasteiger partial charge in [0, 0.05) is 17.0 Å². The van der Waals surface area contributed by atoms with Crippen LogP contribution in [0.5, 0.6) is 5.75 Å². The minimum atomic E-state index is -0.700. The van der Waals surface area contributed by atoms with Crippen molar-refractivity contribution in [2.24, 2.45) is 5.73 Å². The molecule has 17 heavy (non-hydrogen) atoms. The summed E-state index contributed by atoms with van der Waals surface area (Å²) in [6.45, 7) is 1.85. The van der Waals surface area contributed by atoms with E-state index in [2.05, 4.69) is 15.9 Å². The molecule has 2 nitrogen and oxygen atoms in total. The molecule has 1 aliphatic rings. The Morgan fingerprint density at radius 2 is 2.06 bits per heavy atom. The molecule has 0 bridgehead atoms. The van der Waals surface area contributed by atoms with E-state index in [1.807, 2.05) is 6.92 Å². The van der Waals surface area contributed by atoms with Crippen LogP contribution in [-0.2, 0) is 5.41 Å². The summed E-state index contributed by atoms with van der Waals surface area (Å²) in [6, 6.07) is 1.17. The zero-order chi connectivity index (χ0) is 12.8. The number of hydrogen-bond acceptors (Lipinski definition) is 2. The summed E-state index contributed by atoms with van der Waals surface area (Å²) < 4.78 is 32.4. The normalized spacial score (nSPS) is 18.9. The van der Waals surface area contributed by atoms with E-state index < -0.39 is 11.6 Å². The molecule has 1 aromatic rings. The molecule has 1 saturated carbocycles. The molecule has 1 atom stereocenters. The van der Waals surface area contributed by atoms with Crippen LogP contribution in [0.4, 0.5) is 8.78 Å². The maximum atomic E-state index is 13.9. The summed E-state index contributed by atoms with van der Waals surface area (Å²) in [6.07, 6.45) is 1.67. The Balaban J connectivity index is 2.62. The highest BCUT2D eigenvalue weighted by molar-refractivity contribution is 9.10. The second-order valence-electron chi connectivity index (χ2n) is 4.51.